The number of nitrogens with zero attached hydrogens (tertiary/aromatic N) is 1. The number of carbonyl (C=O) groups is 2. The van der Waals surface area contributed by atoms with Crippen LogP contribution in [-0.4, -0.2) is 37.5 Å². The zero-order valence-electron chi connectivity index (χ0n) is 21.0. The van der Waals surface area contributed by atoms with Gasteiger partial charge in [0.15, 0.2) is 11.5 Å². The topological polar surface area (TPSA) is 67.9 Å². The van der Waals surface area contributed by atoms with Crippen LogP contribution in [0, 0.1) is 5.82 Å². The Bertz CT molecular complexity index is 1140. The zero-order valence-corrected chi connectivity index (χ0v) is 21.0. The molecular formula is C29H33FN2O4. The normalized spacial score (nSPS) is 11.4. The van der Waals surface area contributed by atoms with Gasteiger partial charge in [-0.05, 0) is 53.8 Å². The van der Waals surface area contributed by atoms with Gasteiger partial charge in [-0.25, -0.2) is 4.39 Å². The van der Waals surface area contributed by atoms with Crippen LogP contribution >= 0.6 is 0 Å². The van der Waals surface area contributed by atoms with E-state index >= 15 is 0 Å². The summed E-state index contributed by atoms with van der Waals surface area (Å²) in [5.41, 5.74) is 2.45. The van der Waals surface area contributed by atoms with Crippen molar-refractivity contribution in [3.8, 4) is 11.5 Å². The molecule has 0 aromatic heterocycles. The van der Waals surface area contributed by atoms with Crippen LogP contribution in [0.5, 0.6) is 11.5 Å². The lowest BCUT2D eigenvalue weighted by molar-refractivity contribution is -0.141. The molecule has 6 nitrogen and oxygen atoms in total. The zero-order chi connectivity index (χ0) is 25.9. The summed E-state index contributed by atoms with van der Waals surface area (Å²) in [6.07, 6.45) is 1.54. The van der Waals surface area contributed by atoms with Gasteiger partial charge in [-0.15, -0.1) is 0 Å². The Hall–Kier alpha value is -3.87. The Morgan fingerprint density at radius 2 is 1.58 bits per heavy atom. The van der Waals surface area contributed by atoms with E-state index in [-0.39, 0.29) is 24.2 Å². The lowest BCUT2D eigenvalue weighted by Crippen LogP contribution is -2.43. The molecule has 0 spiro atoms. The van der Waals surface area contributed by atoms with Crippen LogP contribution in [0.15, 0.2) is 72.8 Å². The van der Waals surface area contributed by atoms with Crippen molar-refractivity contribution in [3.63, 3.8) is 0 Å². The van der Waals surface area contributed by atoms with Crippen LogP contribution in [0.1, 0.15) is 42.5 Å². The molecule has 190 valence electrons. The minimum Gasteiger partial charge on any atom is -0.493 e. The number of carbonyl (C=O) groups excluding carboxylic acids is 2. The number of benzene rings is 3. The van der Waals surface area contributed by atoms with Crippen LogP contribution in [0.2, 0.25) is 0 Å². The highest BCUT2D eigenvalue weighted by atomic mass is 19.1. The van der Waals surface area contributed by atoms with Gasteiger partial charge in [0.05, 0.1) is 14.2 Å². The Morgan fingerprint density at radius 3 is 2.22 bits per heavy atom. The Labute approximate surface area is 212 Å². The van der Waals surface area contributed by atoms with Gasteiger partial charge in [0.2, 0.25) is 11.8 Å². The van der Waals surface area contributed by atoms with E-state index in [1.54, 1.807) is 31.3 Å². The molecule has 0 heterocycles. The molecule has 0 aliphatic rings. The average molecular weight is 493 g/mol. The molecule has 36 heavy (non-hydrogen) atoms. The second-order valence-corrected chi connectivity index (χ2v) is 8.44. The number of amides is 2. The molecular weight excluding hydrogens is 459 g/mol. The van der Waals surface area contributed by atoms with Gasteiger partial charge in [-0.3, -0.25) is 9.59 Å². The lowest BCUT2D eigenvalue weighted by atomic mass is 10.0. The van der Waals surface area contributed by atoms with Crippen molar-refractivity contribution in [3.05, 3.63) is 95.3 Å². The minimum atomic E-state index is -0.819. The van der Waals surface area contributed by atoms with E-state index in [0.29, 0.717) is 42.9 Å². The monoisotopic (exact) mass is 492 g/mol. The maximum atomic E-state index is 13.5. The quantitative estimate of drug-likeness (QED) is 0.383. The number of methoxy groups -OCH3 is 2. The fraction of sp³-hybridized carbons (Fsp3) is 0.310. The summed E-state index contributed by atoms with van der Waals surface area (Å²) in [4.78, 5) is 28.3. The third kappa shape index (κ3) is 7.07. The molecule has 3 aromatic carbocycles. The molecule has 0 saturated heterocycles. The lowest BCUT2D eigenvalue weighted by Gasteiger charge is -2.31. The van der Waals surface area contributed by atoms with Crippen LogP contribution in [0.3, 0.4) is 0 Å². The summed E-state index contributed by atoms with van der Waals surface area (Å²) in [5.74, 6) is 0.510. The van der Waals surface area contributed by atoms with Gasteiger partial charge in [-0.2, -0.15) is 0 Å². The van der Waals surface area contributed by atoms with Crippen molar-refractivity contribution in [2.75, 3.05) is 20.8 Å². The molecule has 0 radical (unpaired) electrons. The van der Waals surface area contributed by atoms with E-state index in [0.717, 1.165) is 11.1 Å². The third-order valence-electron chi connectivity index (χ3n) is 5.89. The SMILES string of the molecule is CCCC(=O)N(Cc1ccc(F)cc1)C(C(=O)NCCc1ccc(OC)c(OC)c1)c1ccccc1. The van der Waals surface area contributed by atoms with Gasteiger partial charge < -0.3 is 19.7 Å². The van der Waals surface area contributed by atoms with Crippen molar-refractivity contribution in [1.82, 2.24) is 10.2 Å². The molecule has 0 aliphatic heterocycles. The van der Waals surface area contributed by atoms with Crippen LogP contribution < -0.4 is 14.8 Å². The molecule has 0 fully saturated rings. The summed E-state index contributed by atoms with van der Waals surface area (Å²) in [5, 5.41) is 3.00. The predicted octanol–water partition coefficient (Wildman–Crippen LogP) is 5.07. The first-order chi connectivity index (χ1) is 17.5. The van der Waals surface area contributed by atoms with Gasteiger partial charge in [0.1, 0.15) is 11.9 Å². The van der Waals surface area contributed by atoms with E-state index in [1.165, 1.54) is 12.1 Å². The van der Waals surface area contributed by atoms with Crippen molar-refractivity contribution in [2.24, 2.45) is 0 Å². The summed E-state index contributed by atoms with van der Waals surface area (Å²) in [7, 11) is 3.16. The van der Waals surface area contributed by atoms with Gasteiger partial charge >= 0.3 is 0 Å². The molecule has 1 unspecified atom stereocenters. The summed E-state index contributed by atoms with van der Waals surface area (Å²) in [6, 6.07) is 20.1. The molecule has 1 atom stereocenters. The molecule has 7 heteroatoms. The molecule has 3 rings (SSSR count). The van der Waals surface area contributed by atoms with E-state index < -0.39 is 6.04 Å². The summed E-state index contributed by atoms with van der Waals surface area (Å²) >= 11 is 0. The molecule has 2 amide bonds. The fourth-order valence-corrected chi connectivity index (χ4v) is 4.04. The van der Waals surface area contributed by atoms with E-state index in [1.807, 2.05) is 55.5 Å². The van der Waals surface area contributed by atoms with Gasteiger partial charge in [-0.1, -0.05) is 55.5 Å². The molecule has 1 N–H and O–H groups in total. The first-order valence-electron chi connectivity index (χ1n) is 12.0. The molecule has 0 aliphatic carbocycles. The fourth-order valence-electron chi connectivity index (χ4n) is 4.04. The average Bonchev–Trinajstić information content (AvgIpc) is 2.90. The molecule has 0 bridgehead atoms. The number of halogens is 1. The van der Waals surface area contributed by atoms with Crippen molar-refractivity contribution in [2.45, 2.75) is 38.8 Å². The first-order valence-corrected chi connectivity index (χ1v) is 12.0. The first kappa shape index (κ1) is 26.7. The van der Waals surface area contributed by atoms with Crippen molar-refractivity contribution < 1.29 is 23.5 Å². The largest absolute Gasteiger partial charge is 0.493 e. The maximum absolute atomic E-state index is 13.5. The van der Waals surface area contributed by atoms with E-state index in [4.69, 9.17) is 9.47 Å². The maximum Gasteiger partial charge on any atom is 0.247 e. The number of nitrogens with one attached hydrogen (secondary N) is 1. The third-order valence-corrected chi connectivity index (χ3v) is 5.89. The van der Waals surface area contributed by atoms with Crippen LogP contribution in [0.4, 0.5) is 4.39 Å². The van der Waals surface area contributed by atoms with Gasteiger partial charge in [0, 0.05) is 19.5 Å². The smallest absolute Gasteiger partial charge is 0.247 e. The van der Waals surface area contributed by atoms with E-state index in [2.05, 4.69) is 5.32 Å². The second kappa shape index (κ2) is 13.3. The predicted molar refractivity (Wildman–Crippen MR) is 137 cm³/mol. The summed E-state index contributed by atoms with van der Waals surface area (Å²) in [6.45, 7) is 2.50. The highest BCUT2D eigenvalue weighted by Crippen LogP contribution is 2.28. The molecule has 0 saturated carbocycles. The van der Waals surface area contributed by atoms with Gasteiger partial charge in [0.25, 0.3) is 0 Å². The van der Waals surface area contributed by atoms with Crippen molar-refractivity contribution in [1.29, 1.82) is 0 Å². The Kier molecular flexibility index (Phi) is 9.86. The van der Waals surface area contributed by atoms with Crippen molar-refractivity contribution >= 4 is 11.8 Å². The summed E-state index contributed by atoms with van der Waals surface area (Å²) < 4.78 is 24.1. The highest BCUT2D eigenvalue weighted by Gasteiger charge is 2.31. The number of rotatable bonds is 12. The standard InChI is InChI=1S/C29H33FN2O4/c1-4-8-27(33)32(20-22-11-14-24(30)15-12-22)28(23-9-6-5-7-10-23)29(34)31-18-17-21-13-16-25(35-2)26(19-21)36-3/h5-7,9-16,19,28H,4,8,17-18,20H2,1-3H3,(H,31,34). The van der Waals surface area contributed by atoms with Crippen LogP contribution in [0.25, 0.3) is 0 Å². The van der Waals surface area contributed by atoms with Crippen LogP contribution in [-0.2, 0) is 22.6 Å². The Balaban J connectivity index is 1.82. The number of ether oxygens (including phenoxy) is 2. The highest BCUT2D eigenvalue weighted by molar-refractivity contribution is 5.88. The molecule has 3 aromatic rings. The number of hydrogen-bond acceptors (Lipinski definition) is 4. The van der Waals surface area contributed by atoms with E-state index in [9.17, 15) is 14.0 Å². The minimum absolute atomic E-state index is 0.134. The second-order valence-electron chi connectivity index (χ2n) is 8.44. The number of hydrogen-bond donors (Lipinski definition) is 1. The Morgan fingerprint density at radius 1 is 0.917 bits per heavy atom.